The van der Waals surface area contributed by atoms with E-state index in [1.165, 1.54) is 0 Å². The van der Waals surface area contributed by atoms with Crippen LogP contribution in [0.1, 0.15) is 33.1 Å². The predicted octanol–water partition coefficient (Wildman–Crippen LogP) is 0.951. The molecule has 14 heavy (non-hydrogen) atoms. The number of amides is 2. The largest absolute Gasteiger partial charge is 0.394 e. The first-order valence-corrected chi connectivity index (χ1v) is 5.43. The molecule has 1 heterocycles. The summed E-state index contributed by atoms with van der Waals surface area (Å²) >= 11 is 0. The lowest BCUT2D eigenvalue weighted by Gasteiger charge is -2.05. The number of urea groups is 1. The molecule has 1 rings (SSSR count). The lowest BCUT2D eigenvalue weighted by molar-refractivity contribution is 0.217. The molecule has 0 bridgehead atoms. The fourth-order valence-electron chi connectivity index (χ4n) is 1.80. The lowest BCUT2D eigenvalue weighted by atomic mass is 10.2. The van der Waals surface area contributed by atoms with Crippen molar-refractivity contribution in [3.63, 3.8) is 0 Å². The van der Waals surface area contributed by atoms with Gasteiger partial charge in [0.1, 0.15) is 0 Å². The molecule has 0 radical (unpaired) electrons. The van der Waals surface area contributed by atoms with Gasteiger partial charge in [0.15, 0.2) is 0 Å². The van der Waals surface area contributed by atoms with Gasteiger partial charge < -0.3 is 15.3 Å². The van der Waals surface area contributed by atoms with Crippen molar-refractivity contribution < 1.29 is 9.90 Å². The van der Waals surface area contributed by atoms with Crippen LogP contribution < -0.4 is 5.32 Å². The van der Waals surface area contributed by atoms with Gasteiger partial charge in [-0.3, -0.25) is 0 Å². The normalized spacial score (nSPS) is 24.9. The van der Waals surface area contributed by atoms with Gasteiger partial charge in [-0.1, -0.05) is 20.3 Å². The average Bonchev–Trinajstić information content (AvgIpc) is 2.88. The molecule has 4 nitrogen and oxygen atoms in total. The highest BCUT2D eigenvalue weighted by Gasteiger charge is 2.49. The molecule has 0 aromatic rings. The summed E-state index contributed by atoms with van der Waals surface area (Å²) in [6.45, 7) is 4.92. The number of hydrogen-bond donors (Lipinski definition) is 2. The van der Waals surface area contributed by atoms with Gasteiger partial charge in [-0.2, -0.15) is 0 Å². The number of hydrogen-bond acceptors (Lipinski definition) is 2. The van der Waals surface area contributed by atoms with Crippen molar-refractivity contribution in [1.82, 2.24) is 10.2 Å². The molecule has 82 valence electrons. The van der Waals surface area contributed by atoms with E-state index in [4.69, 9.17) is 5.11 Å². The molecule has 1 fully saturated rings. The standard InChI is InChI=1S/C10H20N2O2/c1-3-5-8-9(7-13)12(8)10(14)11-6-4-2/h8-9,13H,3-7H2,1-2H3,(H,11,14)/t8-,9-,12?/m0/s1. The number of aliphatic hydroxyl groups excluding tert-OH is 1. The number of carbonyl (C=O) groups excluding carboxylic acids is 1. The van der Waals surface area contributed by atoms with Crippen LogP contribution in [0.2, 0.25) is 0 Å². The van der Waals surface area contributed by atoms with E-state index in [1.54, 1.807) is 4.90 Å². The van der Waals surface area contributed by atoms with Crippen molar-refractivity contribution in [2.45, 2.75) is 45.2 Å². The second-order valence-corrected chi connectivity index (χ2v) is 3.75. The summed E-state index contributed by atoms with van der Waals surface area (Å²) in [5.41, 5.74) is 0. The summed E-state index contributed by atoms with van der Waals surface area (Å²) in [6.07, 6.45) is 2.99. The van der Waals surface area contributed by atoms with Crippen molar-refractivity contribution in [2.75, 3.05) is 13.2 Å². The zero-order valence-corrected chi connectivity index (χ0v) is 8.99. The number of carbonyl (C=O) groups is 1. The lowest BCUT2D eigenvalue weighted by Crippen LogP contribution is -2.31. The quantitative estimate of drug-likeness (QED) is 0.649. The van der Waals surface area contributed by atoms with Crippen LogP contribution in [-0.4, -0.2) is 41.3 Å². The zero-order chi connectivity index (χ0) is 10.6. The average molecular weight is 200 g/mol. The molecule has 1 aliphatic heterocycles. The summed E-state index contributed by atoms with van der Waals surface area (Å²) in [7, 11) is 0. The van der Waals surface area contributed by atoms with E-state index in [9.17, 15) is 4.79 Å². The van der Waals surface area contributed by atoms with E-state index in [1.807, 2.05) is 6.92 Å². The summed E-state index contributed by atoms with van der Waals surface area (Å²) in [4.78, 5) is 13.3. The van der Waals surface area contributed by atoms with E-state index in [0.29, 0.717) is 6.54 Å². The maximum atomic E-state index is 11.5. The molecule has 0 aliphatic carbocycles. The second kappa shape index (κ2) is 5.20. The van der Waals surface area contributed by atoms with Gasteiger partial charge in [-0.05, 0) is 12.8 Å². The Kier molecular flexibility index (Phi) is 4.20. The smallest absolute Gasteiger partial charge is 0.318 e. The molecule has 1 aliphatic rings. The van der Waals surface area contributed by atoms with Gasteiger partial charge in [0.25, 0.3) is 0 Å². The first-order valence-electron chi connectivity index (χ1n) is 5.43. The highest BCUT2D eigenvalue weighted by molar-refractivity contribution is 5.78. The van der Waals surface area contributed by atoms with Crippen LogP contribution in [-0.2, 0) is 0 Å². The Bertz CT molecular complexity index is 197. The van der Waals surface area contributed by atoms with Crippen molar-refractivity contribution in [1.29, 1.82) is 0 Å². The molecule has 0 unspecified atom stereocenters. The van der Waals surface area contributed by atoms with E-state index >= 15 is 0 Å². The van der Waals surface area contributed by atoms with Crippen LogP contribution in [0.25, 0.3) is 0 Å². The van der Waals surface area contributed by atoms with Crippen molar-refractivity contribution in [3.8, 4) is 0 Å². The Morgan fingerprint density at radius 1 is 1.36 bits per heavy atom. The predicted molar refractivity (Wildman–Crippen MR) is 55.1 cm³/mol. The van der Waals surface area contributed by atoms with Crippen LogP contribution in [0.3, 0.4) is 0 Å². The minimum atomic E-state index is -0.0237. The summed E-state index contributed by atoms with van der Waals surface area (Å²) in [5.74, 6) is 0. The minimum absolute atomic E-state index is 0.0237. The third-order valence-corrected chi connectivity index (χ3v) is 2.60. The maximum absolute atomic E-state index is 11.5. The third-order valence-electron chi connectivity index (χ3n) is 2.60. The number of aliphatic hydroxyl groups is 1. The van der Waals surface area contributed by atoms with Crippen LogP contribution in [0.4, 0.5) is 4.79 Å². The zero-order valence-electron chi connectivity index (χ0n) is 8.99. The van der Waals surface area contributed by atoms with E-state index in [-0.39, 0.29) is 24.7 Å². The van der Waals surface area contributed by atoms with Gasteiger partial charge in [-0.25, -0.2) is 4.79 Å². The van der Waals surface area contributed by atoms with Crippen LogP contribution in [0, 0.1) is 0 Å². The van der Waals surface area contributed by atoms with Crippen molar-refractivity contribution in [3.05, 3.63) is 0 Å². The summed E-state index contributed by atoms with van der Waals surface area (Å²) < 4.78 is 0. The highest BCUT2D eigenvalue weighted by Crippen LogP contribution is 2.31. The topological polar surface area (TPSA) is 52.3 Å². The Morgan fingerprint density at radius 3 is 2.57 bits per heavy atom. The third kappa shape index (κ3) is 2.38. The molecule has 0 aromatic carbocycles. The van der Waals surface area contributed by atoms with Gasteiger partial charge in [0.05, 0.1) is 18.7 Å². The fourth-order valence-corrected chi connectivity index (χ4v) is 1.80. The summed E-state index contributed by atoms with van der Waals surface area (Å²) in [6, 6.07) is 0.304. The number of rotatable bonds is 5. The molecular formula is C10H20N2O2. The Morgan fingerprint density at radius 2 is 2.07 bits per heavy atom. The first-order chi connectivity index (χ1) is 6.76. The second-order valence-electron chi connectivity index (χ2n) is 3.75. The van der Waals surface area contributed by atoms with Crippen molar-refractivity contribution >= 4 is 6.03 Å². The monoisotopic (exact) mass is 200 g/mol. The Hall–Kier alpha value is -0.770. The van der Waals surface area contributed by atoms with E-state index < -0.39 is 0 Å². The Balaban J connectivity index is 2.33. The SMILES string of the molecule is CCCNC(=O)N1[C@@H](CO)[C@@H]1CCC. The molecule has 2 N–H and O–H groups in total. The molecule has 0 aromatic heterocycles. The molecular weight excluding hydrogens is 180 g/mol. The van der Waals surface area contributed by atoms with Crippen molar-refractivity contribution in [2.24, 2.45) is 0 Å². The fraction of sp³-hybridized carbons (Fsp3) is 0.900. The molecule has 0 spiro atoms. The van der Waals surface area contributed by atoms with Gasteiger partial charge in [0, 0.05) is 6.54 Å². The van der Waals surface area contributed by atoms with Gasteiger partial charge in [0.2, 0.25) is 0 Å². The molecule has 4 heteroatoms. The number of nitrogens with one attached hydrogen (secondary N) is 1. The molecule has 0 saturated carbocycles. The van der Waals surface area contributed by atoms with E-state index in [0.717, 1.165) is 19.3 Å². The first kappa shape index (κ1) is 11.3. The van der Waals surface area contributed by atoms with Gasteiger partial charge in [-0.15, -0.1) is 0 Å². The van der Waals surface area contributed by atoms with Crippen LogP contribution >= 0.6 is 0 Å². The molecule has 2 atom stereocenters. The van der Waals surface area contributed by atoms with Crippen LogP contribution in [0.15, 0.2) is 0 Å². The maximum Gasteiger partial charge on any atom is 0.318 e. The number of nitrogens with zero attached hydrogens (tertiary/aromatic N) is 1. The minimum Gasteiger partial charge on any atom is -0.394 e. The van der Waals surface area contributed by atoms with Crippen LogP contribution in [0.5, 0.6) is 0 Å². The molecule has 2 amide bonds. The Labute approximate surface area is 85.3 Å². The van der Waals surface area contributed by atoms with E-state index in [2.05, 4.69) is 12.2 Å². The van der Waals surface area contributed by atoms with Gasteiger partial charge >= 0.3 is 6.03 Å². The molecule has 1 saturated heterocycles. The summed E-state index contributed by atoms with van der Waals surface area (Å²) in [5, 5.41) is 11.8. The highest BCUT2D eigenvalue weighted by atomic mass is 16.3.